The second kappa shape index (κ2) is 7.76. The Balaban J connectivity index is 1.95. The summed E-state index contributed by atoms with van der Waals surface area (Å²) in [4.78, 5) is 11.4. The van der Waals surface area contributed by atoms with Crippen molar-refractivity contribution in [1.82, 2.24) is 0 Å². The van der Waals surface area contributed by atoms with Crippen LogP contribution in [0.1, 0.15) is 18.9 Å². The van der Waals surface area contributed by atoms with Crippen LogP contribution in [0.4, 0.5) is 0 Å². The monoisotopic (exact) mass is 297 g/mol. The van der Waals surface area contributed by atoms with Crippen LogP contribution in [0.5, 0.6) is 0 Å². The first-order chi connectivity index (χ1) is 10.6. The minimum Gasteiger partial charge on any atom is -0.469 e. The Kier molecular flexibility index (Phi) is 5.73. The number of hydrogen-bond acceptors (Lipinski definition) is 3. The number of rotatable bonds is 6. The standard InChI is InChI=1S/C19H23NO2/c1-14(19(21)22-2)12-18(20)13-15-8-10-17(11-9-15)16-6-4-3-5-7-16/h3-11,14,18H,12-13,20H2,1-2H3/t14-,18+/m1/s1. The number of methoxy groups -OCH3 is 1. The van der Waals surface area contributed by atoms with Gasteiger partial charge in [0.1, 0.15) is 0 Å². The van der Waals surface area contributed by atoms with Crippen LogP contribution < -0.4 is 5.73 Å². The van der Waals surface area contributed by atoms with E-state index >= 15 is 0 Å². The number of nitrogens with two attached hydrogens (primary N) is 1. The molecule has 2 aromatic rings. The van der Waals surface area contributed by atoms with Gasteiger partial charge in [-0.15, -0.1) is 0 Å². The van der Waals surface area contributed by atoms with E-state index in [1.807, 2.05) is 25.1 Å². The minimum absolute atomic E-state index is 0.0447. The summed E-state index contributed by atoms with van der Waals surface area (Å²) in [7, 11) is 1.41. The Morgan fingerprint density at radius 3 is 2.23 bits per heavy atom. The molecule has 0 fully saturated rings. The Morgan fingerprint density at radius 2 is 1.64 bits per heavy atom. The molecule has 0 radical (unpaired) electrons. The zero-order valence-corrected chi connectivity index (χ0v) is 13.2. The molecule has 22 heavy (non-hydrogen) atoms. The van der Waals surface area contributed by atoms with E-state index in [-0.39, 0.29) is 17.9 Å². The number of carbonyl (C=O) groups is 1. The maximum Gasteiger partial charge on any atom is 0.308 e. The lowest BCUT2D eigenvalue weighted by Gasteiger charge is -2.16. The lowest BCUT2D eigenvalue weighted by Crippen LogP contribution is -2.28. The molecule has 2 N–H and O–H groups in total. The average molecular weight is 297 g/mol. The third-order valence-electron chi connectivity index (χ3n) is 3.82. The zero-order chi connectivity index (χ0) is 15.9. The molecule has 0 aliphatic carbocycles. The molecule has 3 heteroatoms. The fourth-order valence-corrected chi connectivity index (χ4v) is 2.60. The molecule has 116 valence electrons. The Hall–Kier alpha value is -2.13. The third kappa shape index (κ3) is 4.43. The van der Waals surface area contributed by atoms with Crippen LogP contribution >= 0.6 is 0 Å². The Morgan fingerprint density at radius 1 is 1.05 bits per heavy atom. The second-order valence-corrected chi connectivity index (χ2v) is 5.69. The van der Waals surface area contributed by atoms with Crippen LogP contribution in [0.2, 0.25) is 0 Å². The molecule has 2 rings (SSSR count). The molecule has 0 spiro atoms. The first-order valence-corrected chi connectivity index (χ1v) is 7.58. The number of hydrogen-bond donors (Lipinski definition) is 1. The lowest BCUT2D eigenvalue weighted by atomic mass is 9.95. The van der Waals surface area contributed by atoms with Crippen molar-refractivity contribution in [2.75, 3.05) is 7.11 Å². The topological polar surface area (TPSA) is 52.3 Å². The fourth-order valence-electron chi connectivity index (χ4n) is 2.60. The van der Waals surface area contributed by atoms with Crippen LogP contribution in [0.3, 0.4) is 0 Å². The molecule has 0 amide bonds. The molecule has 0 aliphatic heterocycles. The van der Waals surface area contributed by atoms with Crippen molar-refractivity contribution in [2.45, 2.75) is 25.8 Å². The van der Waals surface area contributed by atoms with E-state index in [1.165, 1.54) is 23.8 Å². The molecular weight excluding hydrogens is 274 g/mol. The van der Waals surface area contributed by atoms with E-state index in [0.717, 1.165) is 6.42 Å². The summed E-state index contributed by atoms with van der Waals surface area (Å²) < 4.78 is 4.73. The van der Waals surface area contributed by atoms with Crippen molar-refractivity contribution in [2.24, 2.45) is 11.7 Å². The Bertz CT molecular complexity index is 593. The van der Waals surface area contributed by atoms with Gasteiger partial charge in [0.25, 0.3) is 0 Å². The van der Waals surface area contributed by atoms with E-state index in [1.54, 1.807) is 0 Å². The van der Waals surface area contributed by atoms with Gasteiger partial charge >= 0.3 is 5.97 Å². The quantitative estimate of drug-likeness (QED) is 0.831. The minimum atomic E-state index is -0.199. The van der Waals surface area contributed by atoms with Gasteiger partial charge in [0, 0.05) is 6.04 Å². The molecule has 0 aromatic heterocycles. The summed E-state index contributed by atoms with van der Waals surface area (Å²) in [6.45, 7) is 1.85. The number of benzene rings is 2. The van der Waals surface area contributed by atoms with Crippen molar-refractivity contribution in [3.8, 4) is 11.1 Å². The molecule has 0 aliphatic rings. The fraction of sp³-hybridized carbons (Fsp3) is 0.316. The van der Waals surface area contributed by atoms with E-state index in [2.05, 4.69) is 36.4 Å². The van der Waals surface area contributed by atoms with Gasteiger partial charge in [-0.1, -0.05) is 61.5 Å². The van der Waals surface area contributed by atoms with Crippen molar-refractivity contribution in [1.29, 1.82) is 0 Å². The van der Waals surface area contributed by atoms with Gasteiger partial charge in [0.15, 0.2) is 0 Å². The van der Waals surface area contributed by atoms with Crippen LogP contribution in [-0.2, 0) is 16.0 Å². The summed E-state index contributed by atoms with van der Waals surface area (Å²) >= 11 is 0. The van der Waals surface area contributed by atoms with Crippen molar-refractivity contribution in [3.05, 3.63) is 60.2 Å². The summed E-state index contributed by atoms with van der Waals surface area (Å²) in [5, 5.41) is 0. The molecule has 3 nitrogen and oxygen atoms in total. The van der Waals surface area contributed by atoms with Crippen LogP contribution in [0, 0.1) is 5.92 Å². The molecular formula is C19H23NO2. The van der Waals surface area contributed by atoms with E-state index in [4.69, 9.17) is 10.5 Å². The summed E-state index contributed by atoms with van der Waals surface area (Å²) in [5.74, 6) is -0.363. The van der Waals surface area contributed by atoms with Crippen LogP contribution in [0.15, 0.2) is 54.6 Å². The van der Waals surface area contributed by atoms with Crippen LogP contribution in [-0.4, -0.2) is 19.1 Å². The summed E-state index contributed by atoms with van der Waals surface area (Å²) in [6.07, 6.45) is 1.39. The van der Waals surface area contributed by atoms with Crippen molar-refractivity contribution in [3.63, 3.8) is 0 Å². The van der Waals surface area contributed by atoms with E-state index in [0.29, 0.717) is 6.42 Å². The van der Waals surface area contributed by atoms with Gasteiger partial charge in [-0.2, -0.15) is 0 Å². The maximum absolute atomic E-state index is 11.4. The predicted octanol–water partition coefficient (Wildman–Crippen LogP) is 3.42. The molecule has 0 saturated carbocycles. The van der Waals surface area contributed by atoms with Gasteiger partial charge < -0.3 is 10.5 Å². The highest BCUT2D eigenvalue weighted by Gasteiger charge is 2.17. The summed E-state index contributed by atoms with van der Waals surface area (Å²) in [6, 6.07) is 18.7. The second-order valence-electron chi connectivity index (χ2n) is 5.69. The van der Waals surface area contributed by atoms with Crippen LogP contribution in [0.25, 0.3) is 11.1 Å². The maximum atomic E-state index is 11.4. The number of ether oxygens (including phenoxy) is 1. The van der Waals surface area contributed by atoms with Gasteiger partial charge in [0.05, 0.1) is 13.0 Å². The smallest absolute Gasteiger partial charge is 0.308 e. The average Bonchev–Trinajstić information content (AvgIpc) is 2.55. The lowest BCUT2D eigenvalue weighted by molar-refractivity contribution is -0.145. The van der Waals surface area contributed by atoms with E-state index in [9.17, 15) is 4.79 Å². The largest absolute Gasteiger partial charge is 0.469 e. The predicted molar refractivity (Wildman–Crippen MR) is 89.4 cm³/mol. The normalized spacial score (nSPS) is 13.4. The molecule has 2 aromatic carbocycles. The first-order valence-electron chi connectivity index (χ1n) is 7.58. The molecule has 0 saturated heterocycles. The molecule has 0 heterocycles. The van der Waals surface area contributed by atoms with E-state index < -0.39 is 0 Å². The molecule has 0 bridgehead atoms. The zero-order valence-electron chi connectivity index (χ0n) is 13.2. The first kappa shape index (κ1) is 16.2. The molecule has 2 atom stereocenters. The number of carbonyl (C=O) groups excluding carboxylic acids is 1. The van der Waals surface area contributed by atoms with Gasteiger partial charge in [0.2, 0.25) is 0 Å². The highest BCUT2D eigenvalue weighted by Crippen LogP contribution is 2.20. The molecule has 0 unspecified atom stereocenters. The van der Waals surface area contributed by atoms with Gasteiger partial charge in [-0.3, -0.25) is 4.79 Å². The SMILES string of the molecule is COC(=O)[C@H](C)C[C@H](N)Cc1ccc(-c2ccccc2)cc1. The van der Waals surface area contributed by atoms with Crippen molar-refractivity contribution < 1.29 is 9.53 Å². The van der Waals surface area contributed by atoms with Gasteiger partial charge in [-0.25, -0.2) is 0 Å². The van der Waals surface area contributed by atoms with Gasteiger partial charge in [-0.05, 0) is 29.5 Å². The summed E-state index contributed by atoms with van der Waals surface area (Å²) in [5.41, 5.74) is 9.73. The highest BCUT2D eigenvalue weighted by molar-refractivity contribution is 5.71. The number of esters is 1. The Labute approximate surface area is 132 Å². The van der Waals surface area contributed by atoms with Crippen molar-refractivity contribution >= 4 is 5.97 Å². The highest BCUT2D eigenvalue weighted by atomic mass is 16.5. The third-order valence-corrected chi connectivity index (χ3v) is 3.82.